The summed E-state index contributed by atoms with van der Waals surface area (Å²) < 4.78 is 2.05. The molecule has 4 aromatic rings. The average Bonchev–Trinajstić information content (AvgIpc) is 2.76. The molecule has 1 amide bonds. The summed E-state index contributed by atoms with van der Waals surface area (Å²) in [7, 11) is 0. The first-order valence-corrected chi connectivity index (χ1v) is 10.2. The molecule has 4 nitrogen and oxygen atoms in total. The van der Waals surface area contributed by atoms with E-state index in [1.165, 1.54) is 0 Å². The molecule has 0 radical (unpaired) electrons. The van der Waals surface area contributed by atoms with Crippen molar-refractivity contribution in [3.63, 3.8) is 0 Å². The lowest BCUT2D eigenvalue weighted by Crippen LogP contribution is -2.27. The third-order valence-corrected chi connectivity index (χ3v) is 5.25. The number of carbonyl (C=O) groups excluding carboxylic acids is 1. The van der Waals surface area contributed by atoms with Crippen molar-refractivity contribution in [1.82, 2.24) is 4.57 Å². The molecule has 0 spiro atoms. The van der Waals surface area contributed by atoms with Crippen LogP contribution in [0.25, 0.3) is 11.3 Å². The van der Waals surface area contributed by atoms with Crippen molar-refractivity contribution in [2.75, 3.05) is 5.32 Å². The van der Waals surface area contributed by atoms with Gasteiger partial charge in [0.2, 0.25) is 0 Å². The van der Waals surface area contributed by atoms with Crippen molar-refractivity contribution in [1.29, 1.82) is 0 Å². The number of hydrogen-bond donors (Lipinski definition) is 1. The zero-order valence-electron chi connectivity index (χ0n) is 17.6. The van der Waals surface area contributed by atoms with Crippen LogP contribution >= 0.6 is 0 Å². The number of anilines is 1. The van der Waals surface area contributed by atoms with Gasteiger partial charge in [-0.15, -0.1) is 0 Å². The van der Waals surface area contributed by atoms with E-state index in [1.54, 1.807) is 18.2 Å². The highest BCUT2D eigenvalue weighted by Crippen LogP contribution is 2.26. The van der Waals surface area contributed by atoms with Crippen LogP contribution in [0.5, 0.6) is 0 Å². The highest BCUT2D eigenvalue weighted by atomic mass is 16.2. The maximum absolute atomic E-state index is 13.3. The fraction of sp³-hybridized carbons (Fsp3) is 0.111. The molecule has 0 saturated carbocycles. The van der Waals surface area contributed by atoms with Gasteiger partial charge in [-0.05, 0) is 43.2 Å². The van der Waals surface area contributed by atoms with Crippen LogP contribution in [-0.2, 0) is 6.54 Å². The van der Waals surface area contributed by atoms with Gasteiger partial charge >= 0.3 is 0 Å². The number of hydrogen-bond acceptors (Lipinski definition) is 2. The topological polar surface area (TPSA) is 51.1 Å². The number of benzene rings is 3. The molecule has 0 unspecified atom stereocenters. The van der Waals surface area contributed by atoms with Gasteiger partial charge in [0.05, 0.1) is 5.69 Å². The Balaban J connectivity index is 1.92. The molecule has 3 aromatic carbocycles. The van der Waals surface area contributed by atoms with E-state index in [2.05, 4.69) is 5.32 Å². The number of para-hydroxylation sites is 1. The zero-order chi connectivity index (χ0) is 21.8. The minimum Gasteiger partial charge on any atom is -0.340 e. The first kappa shape index (κ1) is 20.4. The summed E-state index contributed by atoms with van der Waals surface area (Å²) in [5.41, 5.74) is 4.95. The Morgan fingerprint density at radius 1 is 0.839 bits per heavy atom. The molecule has 0 atom stereocenters. The molecule has 0 fully saturated rings. The van der Waals surface area contributed by atoms with Crippen LogP contribution in [0.3, 0.4) is 0 Å². The molecule has 0 aliphatic rings. The zero-order valence-corrected chi connectivity index (χ0v) is 17.6. The Bertz CT molecular complexity index is 1280. The number of aryl methyl sites for hydroxylation is 2. The normalized spacial score (nSPS) is 10.6. The molecule has 0 aliphatic carbocycles. The molecule has 1 heterocycles. The van der Waals surface area contributed by atoms with Gasteiger partial charge < -0.3 is 9.88 Å². The van der Waals surface area contributed by atoms with Crippen LogP contribution < -0.4 is 10.7 Å². The van der Waals surface area contributed by atoms with E-state index in [0.29, 0.717) is 17.9 Å². The molecule has 4 heteroatoms. The fourth-order valence-corrected chi connectivity index (χ4v) is 3.76. The van der Waals surface area contributed by atoms with E-state index >= 15 is 0 Å². The van der Waals surface area contributed by atoms with Crippen LogP contribution in [0.1, 0.15) is 27.2 Å². The summed E-state index contributed by atoms with van der Waals surface area (Å²) in [6.45, 7) is 4.47. The maximum Gasteiger partial charge on any atom is 0.261 e. The summed E-state index contributed by atoms with van der Waals surface area (Å²) in [6, 6.07) is 28.7. The van der Waals surface area contributed by atoms with Crippen LogP contribution in [0.2, 0.25) is 0 Å². The Labute approximate surface area is 181 Å². The number of nitrogens with one attached hydrogen (secondary N) is 1. The second-order valence-electron chi connectivity index (χ2n) is 7.63. The quantitative estimate of drug-likeness (QED) is 0.478. The Morgan fingerprint density at radius 3 is 2.19 bits per heavy atom. The minimum absolute atomic E-state index is 0.149. The summed E-state index contributed by atoms with van der Waals surface area (Å²) in [4.78, 5) is 26.4. The van der Waals surface area contributed by atoms with Crippen LogP contribution in [0.15, 0.2) is 95.8 Å². The summed E-state index contributed by atoms with van der Waals surface area (Å²) in [5, 5.41) is 2.88. The highest BCUT2D eigenvalue weighted by molar-refractivity contribution is 6.08. The molecule has 1 aromatic heterocycles. The maximum atomic E-state index is 13.3. The van der Waals surface area contributed by atoms with Crippen LogP contribution in [-0.4, -0.2) is 10.5 Å². The van der Waals surface area contributed by atoms with E-state index in [-0.39, 0.29) is 11.0 Å². The SMILES string of the molecule is Cc1cccc(-c2c(C(=O)Nc3ccccc3)c(=O)cc(C)n2Cc2ccccc2)c1. The molecule has 31 heavy (non-hydrogen) atoms. The Hall–Kier alpha value is -3.92. The smallest absolute Gasteiger partial charge is 0.261 e. The van der Waals surface area contributed by atoms with Crippen molar-refractivity contribution >= 4 is 11.6 Å². The Kier molecular flexibility index (Phi) is 5.80. The van der Waals surface area contributed by atoms with E-state index in [0.717, 1.165) is 22.4 Å². The molecule has 1 N–H and O–H groups in total. The molecule has 154 valence electrons. The summed E-state index contributed by atoms with van der Waals surface area (Å²) in [5.74, 6) is -0.408. The molecular formula is C27H24N2O2. The van der Waals surface area contributed by atoms with Gasteiger partial charge in [-0.2, -0.15) is 0 Å². The summed E-state index contributed by atoms with van der Waals surface area (Å²) >= 11 is 0. The lowest BCUT2D eigenvalue weighted by atomic mass is 10.0. The van der Waals surface area contributed by atoms with Gasteiger partial charge in [-0.3, -0.25) is 9.59 Å². The van der Waals surface area contributed by atoms with Crippen molar-refractivity contribution < 1.29 is 4.79 Å². The van der Waals surface area contributed by atoms with Gasteiger partial charge in [0, 0.05) is 24.0 Å². The minimum atomic E-state index is -0.408. The molecule has 0 bridgehead atoms. The number of pyridine rings is 1. The van der Waals surface area contributed by atoms with E-state index in [9.17, 15) is 9.59 Å². The standard InChI is InChI=1S/C27H24N2O2/c1-19-10-9-13-22(16-19)26-25(27(31)28-23-14-7-4-8-15-23)24(30)17-20(2)29(26)18-21-11-5-3-6-12-21/h3-17H,18H2,1-2H3,(H,28,31). The molecule has 0 saturated heterocycles. The molecule has 4 rings (SSSR count). The first-order valence-electron chi connectivity index (χ1n) is 10.2. The third-order valence-electron chi connectivity index (χ3n) is 5.25. The predicted molar refractivity (Wildman–Crippen MR) is 126 cm³/mol. The second kappa shape index (κ2) is 8.84. The average molecular weight is 409 g/mol. The van der Waals surface area contributed by atoms with Gasteiger partial charge in [0.15, 0.2) is 5.43 Å². The highest BCUT2D eigenvalue weighted by Gasteiger charge is 2.22. The van der Waals surface area contributed by atoms with Gasteiger partial charge in [0.1, 0.15) is 5.56 Å². The number of rotatable bonds is 5. The van der Waals surface area contributed by atoms with E-state index in [1.807, 2.05) is 91.2 Å². The third kappa shape index (κ3) is 4.48. The lowest BCUT2D eigenvalue weighted by molar-refractivity contribution is 0.102. The van der Waals surface area contributed by atoms with Crippen molar-refractivity contribution in [3.8, 4) is 11.3 Å². The van der Waals surface area contributed by atoms with Crippen molar-refractivity contribution in [2.45, 2.75) is 20.4 Å². The van der Waals surface area contributed by atoms with Crippen LogP contribution in [0.4, 0.5) is 5.69 Å². The number of amides is 1. The van der Waals surface area contributed by atoms with Gasteiger partial charge in [0.25, 0.3) is 5.91 Å². The molecule has 0 aliphatic heterocycles. The lowest BCUT2D eigenvalue weighted by Gasteiger charge is -2.21. The van der Waals surface area contributed by atoms with E-state index < -0.39 is 5.91 Å². The predicted octanol–water partition coefficient (Wildman–Crippen LogP) is 5.43. The van der Waals surface area contributed by atoms with Crippen molar-refractivity contribution in [3.05, 3.63) is 124 Å². The number of nitrogens with zero attached hydrogens (tertiary/aromatic N) is 1. The van der Waals surface area contributed by atoms with Crippen molar-refractivity contribution in [2.24, 2.45) is 0 Å². The van der Waals surface area contributed by atoms with Gasteiger partial charge in [-0.1, -0.05) is 72.3 Å². The van der Waals surface area contributed by atoms with Crippen LogP contribution in [0, 0.1) is 13.8 Å². The first-order chi connectivity index (χ1) is 15.0. The largest absolute Gasteiger partial charge is 0.340 e. The monoisotopic (exact) mass is 408 g/mol. The van der Waals surface area contributed by atoms with Gasteiger partial charge in [-0.25, -0.2) is 0 Å². The number of aromatic nitrogens is 1. The molecular weight excluding hydrogens is 384 g/mol. The Morgan fingerprint density at radius 2 is 1.52 bits per heavy atom. The fourth-order valence-electron chi connectivity index (χ4n) is 3.76. The second-order valence-corrected chi connectivity index (χ2v) is 7.63. The summed E-state index contributed by atoms with van der Waals surface area (Å²) in [6.07, 6.45) is 0. The van der Waals surface area contributed by atoms with E-state index in [4.69, 9.17) is 0 Å². The number of carbonyl (C=O) groups is 1.